The molecule has 0 aromatic heterocycles. The Morgan fingerprint density at radius 3 is 2.46 bits per heavy atom. The van der Waals surface area contributed by atoms with Crippen LogP contribution in [0.3, 0.4) is 0 Å². The normalized spacial score (nSPS) is 14.9. The van der Waals surface area contributed by atoms with Crippen LogP contribution in [0.15, 0.2) is 42.5 Å². The predicted octanol–water partition coefficient (Wildman–Crippen LogP) is 3.06. The average Bonchev–Trinajstić information content (AvgIpc) is 2.76. The summed E-state index contributed by atoms with van der Waals surface area (Å²) in [6.45, 7) is 3.76. The molecule has 0 fully saturated rings. The Morgan fingerprint density at radius 1 is 1.17 bits per heavy atom. The van der Waals surface area contributed by atoms with Crippen LogP contribution in [-0.4, -0.2) is 18.9 Å². The molecule has 1 N–H and O–H groups in total. The second-order valence-corrected chi connectivity index (χ2v) is 6.36. The molecule has 2 aromatic carbocycles. The minimum Gasteiger partial charge on any atom is -0.322 e. The fourth-order valence-electron chi connectivity index (χ4n) is 2.95. The molecule has 1 aliphatic heterocycles. The highest BCUT2D eigenvalue weighted by Crippen LogP contribution is 2.41. The molecule has 120 valence electrons. The molecule has 0 aliphatic carbocycles. The largest absolute Gasteiger partial charge is 0.322 e. The number of rotatable bonds is 2. The molecule has 1 heterocycles. The van der Waals surface area contributed by atoms with Crippen molar-refractivity contribution in [1.82, 2.24) is 0 Å². The van der Waals surface area contributed by atoms with Gasteiger partial charge in [0.15, 0.2) is 0 Å². The first-order chi connectivity index (χ1) is 11.3. The lowest BCUT2D eigenvalue weighted by atomic mass is 9.86. The third kappa shape index (κ3) is 2.42. The van der Waals surface area contributed by atoms with Gasteiger partial charge in [-0.2, -0.15) is 5.26 Å². The van der Waals surface area contributed by atoms with Gasteiger partial charge in [-0.25, -0.2) is 0 Å². The Labute approximate surface area is 140 Å². The summed E-state index contributed by atoms with van der Waals surface area (Å²) in [7, 11) is 1.75. The van der Waals surface area contributed by atoms with E-state index in [0.29, 0.717) is 16.8 Å². The van der Waals surface area contributed by atoms with E-state index in [4.69, 9.17) is 5.26 Å². The van der Waals surface area contributed by atoms with Crippen LogP contribution in [0, 0.1) is 11.3 Å². The van der Waals surface area contributed by atoms with Gasteiger partial charge >= 0.3 is 0 Å². The van der Waals surface area contributed by atoms with Crippen LogP contribution in [0.25, 0.3) is 0 Å². The lowest BCUT2D eigenvalue weighted by molar-refractivity contribution is -0.121. The summed E-state index contributed by atoms with van der Waals surface area (Å²) >= 11 is 0. The van der Waals surface area contributed by atoms with E-state index >= 15 is 0 Å². The first-order valence-corrected chi connectivity index (χ1v) is 7.59. The van der Waals surface area contributed by atoms with Gasteiger partial charge in [0, 0.05) is 24.0 Å². The average molecular weight is 319 g/mol. The predicted molar refractivity (Wildman–Crippen MR) is 92.0 cm³/mol. The van der Waals surface area contributed by atoms with E-state index in [9.17, 15) is 9.59 Å². The number of carbonyl (C=O) groups is 2. The monoisotopic (exact) mass is 319 g/mol. The number of nitrogens with zero attached hydrogens (tertiary/aromatic N) is 2. The number of hydrogen-bond donors (Lipinski definition) is 1. The molecule has 0 atom stereocenters. The van der Waals surface area contributed by atoms with Crippen molar-refractivity contribution in [3.63, 3.8) is 0 Å². The van der Waals surface area contributed by atoms with Gasteiger partial charge in [0.1, 0.15) is 0 Å². The fourth-order valence-corrected chi connectivity index (χ4v) is 2.95. The number of carbonyl (C=O) groups excluding carboxylic acids is 2. The van der Waals surface area contributed by atoms with Crippen molar-refractivity contribution >= 4 is 23.2 Å². The van der Waals surface area contributed by atoms with Crippen molar-refractivity contribution in [3.05, 3.63) is 59.2 Å². The van der Waals surface area contributed by atoms with Crippen molar-refractivity contribution < 1.29 is 9.59 Å². The van der Waals surface area contributed by atoms with Gasteiger partial charge in [-0.05, 0) is 61.9 Å². The van der Waals surface area contributed by atoms with Gasteiger partial charge in [-0.15, -0.1) is 0 Å². The van der Waals surface area contributed by atoms with Gasteiger partial charge in [0.25, 0.3) is 5.91 Å². The van der Waals surface area contributed by atoms with Crippen molar-refractivity contribution in [2.75, 3.05) is 17.3 Å². The van der Waals surface area contributed by atoms with Crippen LogP contribution in [0.1, 0.15) is 35.3 Å². The number of hydrogen-bond acceptors (Lipinski definition) is 3. The van der Waals surface area contributed by atoms with Crippen LogP contribution in [0.2, 0.25) is 0 Å². The molecule has 0 spiro atoms. The molecular formula is C19H17N3O2. The van der Waals surface area contributed by atoms with E-state index in [0.717, 1.165) is 11.3 Å². The van der Waals surface area contributed by atoms with Gasteiger partial charge in [0.05, 0.1) is 17.0 Å². The Bertz CT molecular complexity index is 876. The van der Waals surface area contributed by atoms with Gasteiger partial charge in [-0.3, -0.25) is 9.59 Å². The van der Waals surface area contributed by atoms with E-state index < -0.39 is 5.41 Å². The number of benzene rings is 2. The highest BCUT2D eigenvalue weighted by Gasteiger charge is 2.42. The second-order valence-electron chi connectivity index (χ2n) is 6.36. The van der Waals surface area contributed by atoms with E-state index in [-0.39, 0.29) is 11.8 Å². The smallest absolute Gasteiger partial charge is 0.255 e. The maximum Gasteiger partial charge on any atom is 0.255 e. The highest BCUT2D eigenvalue weighted by molar-refractivity contribution is 6.08. The maximum atomic E-state index is 12.3. The third-order valence-electron chi connectivity index (χ3n) is 4.40. The standard InChI is InChI=1S/C19H17N3O2/c1-19(2)15-10-14(8-9-16(15)22(3)18(19)24)21-17(23)13-6-4-12(11-20)5-7-13/h4-10H,1-3H3,(H,21,23). The van der Waals surface area contributed by atoms with Crippen LogP contribution in [0.4, 0.5) is 11.4 Å². The maximum absolute atomic E-state index is 12.3. The molecule has 0 unspecified atom stereocenters. The van der Waals surface area contributed by atoms with E-state index in [1.165, 1.54) is 0 Å². The summed E-state index contributed by atoms with van der Waals surface area (Å²) in [6, 6.07) is 13.9. The SMILES string of the molecule is CN1C(=O)C(C)(C)c2cc(NC(=O)c3ccc(C#N)cc3)ccc21. The van der Waals surface area contributed by atoms with E-state index in [1.54, 1.807) is 42.3 Å². The topological polar surface area (TPSA) is 73.2 Å². The lowest BCUT2D eigenvalue weighted by Crippen LogP contribution is -2.33. The molecule has 1 aliphatic rings. The second kappa shape index (κ2) is 5.50. The molecule has 5 nitrogen and oxygen atoms in total. The minimum absolute atomic E-state index is 0.0352. The molecule has 2 amide bonds. The number of nitriles is 1. The van der Waals surface area contributed by atoms with Crippen LogP contribution in [-0.2, 0) is 10.2 Å². The molecule has 0 radical (unpaired) electrons. The molecule has 0 saturated heterocycles. The van der Waals surface area contributed by atoms with Crippen LogP contribution in [0.5, 0.6) is 0 Å². The van der Waals surface area contributed by atoms with Crippen molar-refractivity contribution in [2.45, 2.75) is 19.3 Å². The lowest BCUT2D eigenvalue weighted by Gasteiger charge is -2.16. The van der Waals surface area contributed by atoms with Crippen molar-refractivity contribution in [3.8, 4) is 6.07 Å². The molecule has 24 heavy (non-hydrogen) atoms. The first kappa shape index (κ1) is 15.8. The molecular weight excluding hydrogens is 302 g/mol. The Kier molecular flexibility index (Phi) is 3.61. The molecule has 0 saturated carbocycles. The number of likely N-dealkylation sites (N-methyl/N-ethyl adjacent to an activating group) is 1. The summed E-state index contributed by atoms with van der Waals surface area (Å²) in [5.74, 6) is -0.219. The van der Waals surface area contributed by atoms with Gasteiger partial charge in [-0.1, -0.05) is 0 Å². The Hall–Kier alpha value is -3.13. The summed E-state index contributed by atoms with van der Waals surface area (Å²) < 4.78 is 0. The number of fused-ring (bicyclic) bond motifs is 1. The molecule has 0 bridgehead atoms. The van der Waals surface area contributed by atoms with Crippen LogP contribution < -0.4 is 10.2 Å². The number of amides is 2. The zero-order valence-corrected chi connectivity index (χ0v) is 13.8. The molecule has 3 rings (SSSR count). The van der Waals surface area contributed by atoms with Gasteiger partial charge in [0.2, 0.25) is 5.91 Å². The highest BCUT2D eigenvalue weighted by atomic mass is 16.2. The third-order valence-corrected chi connectivity index (χ3v) is 4.40. The van der Waals surface area contributed by atoms with Gasteiger partial charge < -0.3 is 10.2 Å². The quantitative estimate of drug-likeness (QED) is 0.924. The van der Waals surface area contributed by atoms with Crippen LogP contribution >= 0.6 is 0 Å². The Morgan fingerprint density at radius 2 is 1.83 bits per heavy atom. The van der Waals surface area contributed by atoms with E-state index in [2.05, 4.69) is 5.32 Å². The summed E-state index contributed by atoms with van der Waals surface area (Å²) in [4.78, 5) is 26.3. The fraction of sp³-hybridized carbons (Fsp3) is 0.211. The number of nitrogens with one attached hydrogen (secondary N) is 1. The summed E-state index contributed by atoms with van der Waals surface area (Å²) in [5.41, 5.74) is 2.77. The summed E-state index contributed by atoms with van der Waals surface area (Å²) in [5, 5.41) is 11.6. The Balaban J connectivity index is 1.87. The zero-order valence-electron chi connectivity index (χ0n) is 13.8. The summed E-state index contributed by atoms with van der Waals surface area (Å²) in [6.07, 6.45) is 0. The van der Waals surface area contributed by atoms with Crippen molar-refractivity contribution in [1.29, 1.82) is 5.26 Å². The number of anilines is 2. The molecule has 2 aromatic rings. The minimum atomic E-state index is -0.612. The molecule has 5 heteroatoms. The van der Waals surface area contributed by atoms with Crippen molar-refractivity contribution in [2.24, 2.45) is 0 Å². The first-order valence-electron chi connectivity index (χ1n) is 7.59. The zero-order chi connectivity index (χ0) is 17.5. The van der Waals surface area contributed by atoms with E-state index in [1.807, 2.05) is 32.0 Å².